The number of aromatic nitrogens is 2. The molecule has 8 nitrogen and oxygen atoms in total. The molecule has 5 rings (SSSR count). The number of thioether (sulfide) groups is 1. The minimum Gasteiger partial charge on any atom is -0.379 e. The van der Waals surface area contributed by atoms with Gasteiger partial charge in [-0.2, -0.15) is 18.2 Å². The van der Waals surface area contributed by atoms with E-state index < -0.39 is 28.3 Å². The van der Waals surface area contributed by atoms with Crippen molar-refractivity contribution < 1.29 is 31.5 Å². The molecule has 0 aliphatic carbocycles. The minimum atomic E-state index is -4.82. The molecular weight excluding hydrogens is 653 g/mol. The van der Waals surface area contributed by atoms with Crippen LogP contribution < -0.4 is 15.9 Å². The number of piperazine rings is 1. The number of alkyl halides is 3. The summed E-state index contributed by atoms with van der Waals surface area (Å²) in [6.45, 7) is 11.7. The summed E-state index contributed by atoms with van der Waals surface area (Å²) in [5.74, 6) is -0.900. The fraction of sp³-hybridized carbons (Fsp3) is 0.452. The van der Waals surface area contributed by atoms with Gasteiger partial charge in [-0.15, -0.1) is 11.8 Å². The molecule has 2 fully saturated rings. The van der Waals surface area contributed by atoms with Crippen molar-refractivity contribution in [1.29, 1.82) is 0 Å². The third-order valence-electron chi connectivity index (χ3n) is 7.64. The number of rotatable bonds is 5. The second kappa shape index (κ2) is 15.6. The predicted molar refractivity (Wildman–Crippen MR) is 171 cm³/mol. The van der Waals surface area contributed by atoms with Crippen molar-refractivity contribution in [3.05, 3.63) is 69.7 Å². The number of nitrogens with zero attached hydrogens (tertiary/aromatic N) is 4. The highest BCUT2D eigenvalue weighted by atomic mass is 35.5. The monoisotopic (exact) mass is 687 g/mol. The number of ether oxygens (including phenoxy) is 1. The van der Waals surface area contributed by atoms with E-state index in [0.29, 0.717) is 23.8 Å². The van der Waals surface area contributed by atoms with Gasteiger partial charge in [0.15, 0.2) is 0 Å². The molecular formula is C31H35ClF5N5O3S. The summed E-state index contributed by atoms with van der Waals surface area (Å²) in [5.41, 5.74) is -1.61. The smallest absolute Gasteiger partial charge is 0.379 e. The van der Waals surface area contributed by atoms with E-state index in [1.165, 1.54) is 10.6 Å². The summed E-state index contributed by atoms with van der Waals surface area (Å²) in [4.78, 5) is 33.4. The van der Waals surface area contributed by atoms with Gasteiger partial charge in [-0.3, -0.25) is 9.36 Å². The van der Waals surface area contributed by atoms with Crippen LogP contribution in [0.3, 0.4) is 0 Å². The van der Waals surface area contributed by atoms with Crippen molar-refractivity contribution in [3.63, 3.8) is 0 Å². The molecule has 0 bridgehead atoms. The number of carbonyl (C=O) groups excluding carboxylic acids is 1. The number of amides is 1. The lowest BCUT2D eigenvalue weighted by molar-refractivity contribution is -0.137. The van der Waals surface area contributed by atoms with Crippen molar-refractivity contribution in [2.75, 3.05) is 50.0 Å². The molecule has 1 aromatic carbocycles. The molecule has 2 aromatic rings. The van der Waals surface area contributed by atoms with Gasteiger partial charge in [-0.25, -0.2) is 13.6 Å². The first-order valence-electron chi connectivity index (χ1n) is 14.7. The molecule has 0 saturated carbocycles. The van der Waals surface area contributed by atoms with E-state index >= 15 is 0 Å². The summed E-state index contributed by atoms with van der Waals surface area (Å²) in [6.07, 6.45) is -0.772. The fourth-order valence-electron chi connectivity index (χ4n) is 5.72. The third kappa shape index (κ3) is 8.01. The van der Waals surface area contributed by atoms with E-state index in [-0.39, 0.29) is 65.6 Å². The van der Waals surface area contributed by atoms with E-state index in [4.69, 9.17) is 16.3 Å². The zero-order valence-electron chi connectivity index (χ0n) is 25.4. The van der Waals surface area contributed by atoms with Crippen molar-refractivity contribution >= 4 is 52.1 Å². The van der Waals surface area contributed by atoms with Crippen molar-refractivity contribution in [3.8, 4) is 0 Å². The van der Waals surface area contributed by atoms with Gasteiger partial charge in [0.05, 0.1) is 35.7 Å². The molecule has 1 N–H and O–H groups in total. The first-order chi connectivity index (χ1) is 21.9. The van der Waals surface area contributed by atoms with Crippen molar-refractivity contribution in [1.82, 2.24) is 19.8 Å². The fourth-order valence-corrected chi connectivity index (χ4v) is 7.02. The zero-order valence-corrected chi connectivity index (χ0v) is 27.0. The second-order valence-corrected chi connectivity index (χ2v) is 12.4. The maximum Gasteiger partial charge on any atom is 0.417 e. The van der Waals surface area contributed by atoms with Crippen LogP contribution in [-0.2, 0) is 22.3 Å². The Morgan fingerprint density at radius 2 is 1.87 bits per heavy atom. The Morgan fingerprint density at radius 3 is 2.41 bits per heavy atom. The van der Waals surface area contributed by atoms with Crippen LogP contribution in [0.4, 0.5) is 27.8 Å². The normalized spacial score (nSPS) is 21.2. The van der Waals surface area contributed by atoms with Crippen LogP contribution in [0.5, 0.6) is 0 Å². The van der Waals surface area contributed by atoms with E-state index in [1.807, 2.05) is 13.8 Å². The number of halogens is 6. The van der Waals surface area contributed by atoms with Gasteiger partial charge < -0.3 is 19.9 Å². The molecule has 1 aromatic heterocycles. The average molecular weight is 688 g/mol. The lowest BCUT2D eigenvalue weighted by Crippen LogP contribution is -2.58. The minimum absolute atomic E-state index is 0.0748. The van der Waals surface area contributed by atoms with Crippen LogP contribution >= 0.6 is 23.4 Å². The zero-order chi connectivity index (χ0) is 33.6. The molecule has 0 radical (unpaired) electrons. The number of anilines is 1. The summed E-state index contributed by atoms with van der Waals surface area (Å²) >= 11 is 7.00. The summed E-state index contributed by atoms with van der Waals surface area (Å²) in [7, 11) is 0. The Morgan fingerprint density at radius 1 is 1.20 bits per heavy atom. The first kappa shape index (κ1) is 35.7. The molecule has 1 amide bonds. The molecule has 3 aliphatic heterocycles. The van der Waals surface area contributed by atoms with Crippen molar-refractivity contribution in [2.24, 2.45) is 0 Å². The molecule has 2 saturated heterocycles. The highest BCUT2D eigenvalue weighted by Crippen LogP contribution is 2.45. The maximum atomic E-state index is 14.5. The van der Waals surface area contributed by atoms with Crippen LogP contribution in [0, 0.1) is 0 Å². The number of nitrogens with one attached hydrogen (secondary N) is 1. The number of allylic oxidation sites excluding steroid dienone is 4. The molecule has 2 unspecified atom stereocenters. The molecule has 2 atom stereocenters. The lowest BCUT2D eigenvalue weighted by Gasteiger charge is -2.44. The SMILES string of the molecule is C1COCCN1.C=CC(=O)N1C(C)CN(c2nc(=O)n3c4c(c(/C=C/C(Cl)=C(F)\C=C\F)c(C(F)(F)F)cc24)SCCC3)CC1C. The quantitative estimate of drug-likeness (QED) is 0.233. The molecule has 15 heteroatoms. The van der Waals surface area contributed by atoms with Gasteiger partial charge in [0, 0.05) is 66.7 Å². The highest BCUT2D eigenvalue weighted by Gasteiger charge is 2.38. The molecule has 46 heavy (non-hydrogen) atoms. The van der Waals surface area contributed by atoms with Crippen LogP contribution in [0.25, 0.3) is 17.0 Å². The molecule has 250 valence electrons. The Kier molecular flexibility index (Phi) is 12.1. The van der Waals surface area contributed by atoms with E-state index in [0.717, 1.165) is 56.3 Å². The Bertz CT molecular complexity index is 1580. The maximum absolute atomic E-state index is 14.5. The number of aryl methyl sites for hydroxylation is 1. The van der Waals surface area contributed by atoms with E-state index in [2.05, 4.69) is 16.9 Å². The Balaban J connectivity index is 0.000000717. The Labute approximate surface area is 272 Å². The number of benzene rings is 1. The lowest BCUT2D eigenvalue weighted by atomic mass is 10.0. The second-order valence-electron chi connectivity index (χ2n) is 10.9. The van der Waals surface area contributed by atoms with Gasteiger partial charge in [0.1, 0.15) is 11.6 Å². The van der Waals surface area contributed by atoms with Crippen molar-refractivity contribution in [2.45, 2.75) is 50.0 Å². The highest BCUT2D eigenvalue weighted by molar-refractivity contribution is 7.99. The van der Waals surface area contributed by atoms with Crippen LogP contribution in [0.1, 0.15) is 31.4 Å². The number of morpholine rings is 1. The third-order valence-corrected chi connectivity index (χ3v) is 9.14. The number of hydrogen-bond acceptors (Lipinski definition) is 7. The summed E-state index contributed by atoms with van der Waals surface area (Å²) < 4.78 is 76.2. The van der Waals surface area contributed by atoms with E-state index in [9.17, 15) is 31.5 Å². The van der Waals surface area contributed by atoms with Crippen LogP contribution in [0.2, 0.25) is 0 Å². The van der Waals surface area contributed by atoms with Crippen LogP contribution in [-0.4, -0.2) is 77.6 Å². The van der Waals surface area contributed by atoms with Gasteiger partial charge in [0.25, 0.3) is 0 Å². The molecule has 0 spiro atoms. The van der Waals surface area contributed by atoms with Gasteiger partial charge in [-0.05, 0) is 44.2 Å². The largest absolute Gasteiger partial charge is 0.417 e. The number of carbonyl (C=O) groups is 1. The molecule has 3 aliphatic rings. The Hall–Kier alpha value is -3.20. The molecule has 4 heterocycles. The first-order valence-corrected chi connectivity index (χ1v) is 16.0. The summed E-state index contributed by atoms with van der Waals surface area (Å²) in [5, 5.41) is 2.72. The van der Waals surface area contributed by atoms with Gasteiger partial charge >= 0.3 is 11.9 Å². The van der Waals surface area contributed by atoms with Gasteiger partial charge in [0.2, 0.25) is 5.91 Å². The number of hydrogen-bond donors (Lipinski definition) is 1. The van der Waals surface area contributed by atoms with Gasteiger partial charge in [-0.1, -0.05) is 24.3 Å². The summed E-state index contributed by atoms with van der Waals surface area (Å²) in [6, 6.07) is 0.295. The van der Waals surface area contributed by atoms with Crippen LogP contribution in [0.15, 0.2) is 57.8 Å². The topological polar surface area (TPSA) is 79.7 Å². The average Bonchev–Trinajstić information content (AvgIpc) is 3.26. The predicted octanol–water partition coefficient (Wildman–Crippen LogP) is 6.05. The standard InChI is InChI=1S/C27H26ClF5N4O2S.C4H9NO/c1-4-22(38)37-15(2)13-35(14-16(37)3)25-18-12-19(27(31,32)33)17(6-7-20(28)21(30)8-9-29)24-23(18)36(26(39)34-25)10-5-11-40-24;1-3-6-4-2-5-1/h4,6-9,12,15-16H,1,5,10-11,13-14H2,2-3H3;5H,1-4H2/b7-6+,9-8+,21-20-;. The van der Waals surface area contributed by atoms with E-state index in [1.54, 1.807) is 9.80 Å².